The molecule has 1 aromatic carbocycles. The van der Waals surface area contributed by atoms with Gasteiger partial charge in [0.25, 0.3) is 11.6 Å². The molecule has 11 heteroatoms. The molecule has 1 atom stereocenters. The quantitative estimate of drug-likeness (QED) is 0.536. The molecule has 0 aliphatic rings. The molecule has 0 fully saturated rings. The summed E-state index contributed by atoms with van der Waals surface area (Å²) < 4.78 is 6.00. The van der Waals surface area contributed by atoms with Crippen molar-refractivity contribution in [3.63, 3.8) is 0 Å². The third kappa shape index (κ3) is 3.95. The van der Waals surface area contributed by atoms with Crippen LogP contribution in [0, 0.1) is 17.0 Å². The van der Waals surface area contributed by atoms with Crippen molar-refractivity contribution < 1.29 is 24.4 Å². The van der Waals surface area contributed by atoms with Crippen molar-refractivity contribution in [1.29, 1.82) is 0 Å². The molecule has 1 heterocycles. The summed E-state index contributed by atoms with van der Waals surface area (Å²) in [5, 5.41) is 29.7. The summed E-state index contributed by atoms with van der Waals surface area (Å²) in [4.78, 5) is 33.6. The number of carbonyl (C=O) groups is 2. The lowest BCUT2D eigenvalue weighted by Gasteiger charge is -2.12. The Bertz CT molecular complexity index is 818. The van der Waals surface area contributed by atoms with Gasteiger partial charge in [-0.05, 0) is 13.0 Å². The van der Waals surface area contributed by atoms with Crippen LogP contribution >= 0.6 is 0 Å². The first-order chi connectivity index (χ1) is 11.8. The second-order valence-electron chi connectivity index (χ2n) is 5.03. The van der Waals surface area contributed by atoms with E-state index in [1.807, 2.05) is 0 Å². The topological polar surface area (TPSA) is 149 Å². The number of carbonyl (C=O) groups excluding carboxylic acids is 1. The maximum atomic E-state index is 12.2. The van der Waals surface area contributed by atoms with Crippen molar-refractivity contribution in [1.82, 2.24) is 20.3 Å². The summed E-state index contributed by atoms with van der Waals surface area (Å²) >= 11 is 0. The largest absolute Gasteiger partial charge is 0.480 e. The standard InChI is InChI=1S/C14H15N5O6/c1-8-12(13(20)15-11(7-25-2)14(21)22)16-17-18(8)9-4-3-5-10(6-9)19(23)24/h3-6,11H,7H2,1-2H3,(H,15,20)(H,21,22). The molecule has 11 nitrogen and oxygen atoms in total. The van der Waals surface area contributed by atoms with Crippen LogP contribution in [0.25, 0.3) is 5.69 Å². The van der Waals surface area contributed by atoms with Gasteiger partial charge in [0.2, 0.25) is 0 Å². The maximum absolute atomic E-state index is 12.2. The Hall–Kier alpha value is -3.34. The fraction of sp³-hybridized carbons (Fsp3) is 0.286. The van der Waals surface area contributed by atoms with E-state index in [9.17, 15) is 19.7 Å². The van der Waals surface area contributed by atoms with Gasteiger partial charge in [0, 0.05) is 19.2 Å². The zero-order valence-corrected chi connectivity index (χ0v) is 13.4. The zero-order valence-electron chi connectivity index (χ0n) is 13.4. The molecular weight excluding hydrogens is 334 g/mol. The zero-order chi connectivity index (χ0) is 18.6. The highest BCUT2D eigenvalue weighted by Gasteiger charge is 2.24. The summed E-state index contributed by atoms with van der Waals surface area (Å²) in [6, 6.07) is 4.43. The van der Waals surface area contributed by atoms with E-state index in [4.69, 9.17) is 9.84 Å². The summed E-state index contributed by atoms with van der Waals surface area (Å²) in [5.74, 6) is -1.99. The Balaban J connectivity index is 2.29. The van der Waals surface area contributed by atoms with Gasteiger partial charge in [0.1, 0.15) is 0 Å². The highest BCUT2D eigenvalue weighted by atomic mass is 16.6. The Morgan fingerprint density at radius 1 is 1.48 bits per heavy atom. The molecule has 132 valence electrons. The number of carboxylic acids is 1. The van der Waals surface area contributed by atoms with Crippen molar-refractivity contribution in [2.45, 2.75) is 13.0 Å². The molecule has 0 bridgehead atoms. The molecule has 2 N–H and O–H groups in total. The third-order valence-corrected chi connectivity index (χ3v) is 3.33. The third-order valence-electron chi connectivity index (χ3n) is 3.33. The minimum Gasteiger partial charge on any atom is -0.480 e. The molecule has 0 aliphatic heterocycles. The molecule has 0 spiro atoms. The van der Waals surface area contributed by atoms with Crippen LogP contribution in [0.15, 0.2) is 24.3 Å². The van der Waals surface area contributed by atoms with Gasteiger partial charge in [-0.25, -0.2) is 9.48 Å². The van der Waals surface area contributed by atoms with E-state index in [1.165, 1.54) is 30.0 Å². The van der Waals surface area contributed by atoms with Gasteiger partial charge >= 0.3 is 5.97 Å². The number of aliphatic carboxylic acids is 1. The number of non-ortho nitro benzene ring substituents is 1. The summed E-state index contributed by atoms with van der Waals surface area (Å²) in [6.45, 7) is 1.33. The van der Waals surface area contributed by atoms with Crippen LogP contribution in [0.1, 0.15) is 16.2 Å². The number of amides is 1. The van der Waals surface area contributed by atoms with Gasteiger partial charge in [-0.3, -0.25) is 14.9 Å². The summed E-state index contributed by atoms with van der Waals surface area (Å²) in [5.41, 5.74) is 0.433. The van der Waals surface area contributed by atoms with Crippen molar-refractivity contribution in [2.75, 3.05) is 13.7 Å². The second-order valence-corrected chi connectivity index (χ2v) is 5.03. The molecule has 1 aromatic heterocycles. The van der Waals surface area contributed by atoms with Gasteiger partial charge in [-0.1, -0.05) is 11.3 Å². The Labute approximate surface area is 141 Å². The van der Waals surface area contributed by atoms with Crippen LogP contribution in [0.3, 0.4) is 0 Å². The van der Waals surface area contributed by atoms with Crippen LogP contribution in [0.5, 0.6) is 0 Å². The summed E-state index contributed by atoms with van der Waals surface area (Å²) in [6.07, 6.45) is 0. The first kappa shape index (κ1) is 18.0. The molecule has 25 heavy (non-hydrogen) atoms. The molecule has 0 radical (unpaired) electrons. The van der Waals surface area contributed by atoms with E-state index in [2.05, 4.69) is 15.6 Å². The van der Waals surface area contributed by atoms with E-state index in [0.29, 0.717) is 11.4 Å². The van der Waals surface area contributed by atoms with Crippen LogP contribution in [0.4, 0.5) is 5.69 Å². The highest BCUT2D eigenvalue weighted by molar-refractivity contribution is 5.95. The molecule has 2 aromatic rings. The fourth-order valence-electron chi connectivity index (χ4n) is 2.09. The number of ether oxygens (including phenoxy) is 1. The smallest absolute Gasteiger partial charge is 0.328 e. The van der Waals surface area contributed by atoms with Crippen LogP contribution < -0.4 is 5.32 Å². The average Bonchev–Trinajstić information content (AvgIpc) is 2.96. The number of nitro groups is 1. The molecule has 0 saturated carbocycles. The second kappa shape index (κ2) is 7.49. The van der Waals surface area contributed by atoms with E-state index in [-0.39, 0.29) is 18.0 Å². The first-order valence-electron chi connectivity index (χ1n) is 7.05. The number of rotatable bonds is 7. The first-order valence-corrected chi connectivity index (χ1v) is 7.05. The molecule has 0 saturated heterocycles. The van der Waals surface area contributed by atoms with Crippen LogP contribution in [0.2, 0.25) is 0 Å². The van der Waals surface area contributed by atoms with Gasteiger partial charge in [0.05, 0.1) is 22.9 Å². The molecule has 2 rings (SSSR count). The number of nitrogens with zero attached hydrogens (tertiary/aromatic N) is 4. The van der Waals surface area contributed by atoms with Crippen molar-refractivity contribution in [3.05, 3.63) is 45.8 Å². The lowest BCUT2D eigenvalue weighted by molar-refractivity contribution is -0.384. The fourth-order valence-corrected chi connectivity index (χ4v) is 2.09. The molecular formula is C14H15N5O6. The number of benzene rings is 1. The number of nitrogens with one attached hydrogen (secondary N) is 1. The monoisotopic (exact) mass is 349 g/mol. The van der Waals surface area contributed by atoms with Crippen LogP contribution in [-0.4, -0.2) is 56.7 Å². The highest BCUT2D eigenvalue weighted by Crippen LogP contribution is 2.18. The Morgan fingerprint density at radius 3 is 2.80 bits per heavy atom. The maximum Gasteiger partial charge on any atom is 0.328 e. The lowest BCUT2D eigenvalue weighted by atomic mass is 10.2. The van der Waals surface area contributed by atoms with Gasteiger partial charge in [0.15, 0.2) is 11.7 Å². The molecule has 0 aliphatic carbocycles. The van der Waals surface area contributed by atoms with E-state index in [0.717, 1.165) is 0 Å². The predicted octanol–water partition coefficient (Wildman–Crippen LogP) is 0.313. The van der Waals surface area contributed by atoms with E-state index in [1.54, 1.807) is 13.0 Å². The van der Waals surface area contributed by atoms with Crippen molar-refractivity contribution in [3.8, 4) is 5.69 Å². The molecule has 1 amide bonds. The molecule has 1 unspecified atom stereocenters. The summed E-state index contributed by atoms with van der Waals surface area (Å²) in [7, 11) is 1.31. The lowest BCUT2D eigenvalue weighted by Crippen LogP contribution is -2.44. The number of nitro benzene ring substituents is 1. The SMILES string of the molecule is COCC(NC(=O)c1nnn(-c2cccc([N+](=O)[O-])c2)c1C)C(=O)O. The van der Waals surface area contributed by atoms with Crippen molar-refractivity contribution in [2.24, 2.45) is 0 Å². The minimum atomic E-state index is -1.25. The van der Waals surface area contributed by atoms with Gasteiger partial charge in [-0.15, -0.1) is 5.10 Å². The van der Waals surface area contributed by atoms with Crippen LogP contribution in [-0.2, 0) is 9.53 Å². The Kier molecular flexibility index (Phi) is 5.39. The number of aromatic nitrogens is 3. The van der Waals surface area contributed by atoms with E-state index >= 15 is 0 Å². The predicted molar refractivity (Wildman–Crippen MR) is 83.5 cm³/mol. The van der Waals surface area contributed by atoms with E-state index < -0.39 is 22.8 Å². The number of hydrogen-bond acceptors (Lipinski definition) is 7. The number of hydrogen-bond donors (Lipinski definition) is 2. The number of methoxy groups -OCH3 is 1. The average molecular weight is 349 g/mol. The van der Waals surface area contributed by atoms with Gasteiger partial charge in [-0.2, -0.15) is 0 Å². The Morgan fingerprint density at radius 2 is 2.20 bits per heavy atom. The normalized spacial score (nSPS) is 11.8. The van der Waals surface area contributed by atoms with Gasteiger partial charge < -0.3 is 15.2 Å². The number of carboxylic acid groups (broad SMARTS) is 1. The van der Waals surface area contributed by atoms with Crippen molar-refractivity contribution >= 4 is 17.6 Å². The minimum absolute atomic E-state index is 0.0890.